The molecule has 6 nitrogen and oxygen atoms in total. The summed E-state index contributed by atoms with van der Waals surface area (Å²) in [5.74, 6) is 0.578. The molecule has 0 saturated carbocycles. The summed E-state index contributed by atoms with van der Waals surface area (Å²) in [4.78, 5) is 10.1. The molecule has 0 radical (unpaired) electrons. The molecule has 0 aliphatic carbocycles. The predicted octanol–water partition coefficient (Wildman–Crippen LogP) is 3.24. The fourth-order valence-electron chi connectivity index (χ4n) is 1.18. The summed E-state index contributed by atoms with van der Waals surface area (Å²) in [5, 5.41) is 0. The Hall–Kier alpha value is -0.466. The molecule has 1 rings (SSSR count). The van der Waals surface area contributed by atoms with E-state index in [-0.39, 0.29) is 0 Å². The van der Waals surface area contributed by atoms with E-state index in [4.69, 9.17) is 23.4 Å². The Bertz CT molecular complexity index is 338. The van der Waals surface area contributed by atoms with Crippen LogP contribution in [0.25, 0.3) is 0 Å². The Morgan fingerprint density at radius 3 is 1.90 bits per heavy atom. The van der Waals surface area contributed by atoms with Crippen LogP contribution in [0.5, 0.6) is 5.75 Å². The zero-order valence-electron chi connectivity index (χ0n) is 12.2. The molecule has 20 heavy (non-hydrogen) atoms. The molecule has 0 N–H and O–H groups in total. The topological polar surface area (TPSA) is 55.4 Å². The molecule has 0 saturated heterocycles. The van der Waals surface area contributed by atoms with Crippen LogP contribution in [-0.4, -0.2) is 20.3 Å². The SMILES string of the molecule is CCCO[O][Ti]([O]C)([O]OCCC)[O]c1ccccc1. The van der Waals surface area contributed by atoms with Gasteiger partial charge in [0.1, 0.15) is 0 Å². The molecule has 0 amide bonds. The first-order valence-electron chi connectivity index (χ1n) is 6.66. The van der Waals surface area contributed by atoms with Crippen LogP contribution in [-0.2, 0) is 38.2 Å². The van der Waals surface area contributed by atoms with Gasteiger partial charge >= 0.3 is 125 Å². The van der Waals surface area contributed by atoms with Gasteiger partial charge in [-0.3, -0.25) is 0 Å². The van der Waals surface area contributed by atoms with Gasteiger partial charge in [0.15, 0.2) is 0 Å². The summed E-state index contributed by atoms with van der Waals surface area (Å²) in [6, 6.07) is 9.14. The molecule has 0 unspecified atom stereocenters. The number of rotatable bonds is 11. The van der Waals surface area contributed by atoms with Gasteiger partial charge < -0.3 is 0 Å². The summed E-state index contributed by atoms with van der Waals surface area (Å²) in [6.45, 7) is 4.78. The van der Waals surface area contributed by atoms with Crippen LogP contribution in [0.3, 0.4) is 0 Å². The second-order valence-corrected chi connectivity index (χ2v) is 6.97. The molecular weight excluding hydrogens is 300 g/mol. The third-order valence-corrected chi connectivity index (χ3v) is 4.68. The summed E-state index contributed by atoms with van der Waals surface area (Å²) in [7, 11) is 1.45. The summed E-state index contributed by atoms with van der Waals surface area (Å²) < 4.78 is 21.6. The molecule has 0 spiro atoms. The van der Waals surface area contributed by atoms with Gasteiger partial charge in [-0.2, -0.15) is 0 Å². The molecule has 0 fully saturated rings. The van der Waals surface area contributed by atoms with Crippen molar-refractivity contribution >= 4 is 0 Å². The molecule has 0 atom stereocenters. The maximum absolute atomic E-state index is 5.72. The monoisotopic (exact) mass is 322 g/mol. The van der Waals surface area contributed by atoms with Crippen molar-refractivity contribution in [3.63, 3.8) is 0 Å². The fraction of sp³-hybridized carbons (Fsp3) is 0.538. The molecule has 0 aliphatic heterocycles. The third-order valence-electron chi connectivity index (χ3n) is 2.13. The van der Waals surface area contributed by atoms with Crippen molar-refractivity contribution in [2.45, 2.75) is 26.7 Å². The molecule has 0 aliphatic rings. The van der Waals surface area contributed by atoms with Crippen molar-refractivity contribution in [2.24, 2.45) is 0 Å². The van der Waals surface area contributed by atoms with E-state index in [1.54, 1.807) is 12.1 Å². The van der Waals surface area contributed by atoms with E-state index in [2.05, 4.69) is 0 Å². The molecule has 114 valence electrons. The van der Waals surface area contributed by atoms with Crippen LogP contribution in [0, 0.1) is 0 Å². The van der Waals surface area contributed by atoms with Crippen LogP contribution in [0.2, 0.25) is 0 Å². The van der Waals surface area contributed by atoms with Gasteiger partial charge in [-0.1, -0.05) is 0 Å². The normalized spacial score (nSPS) is 11.6. The van der Waals surface area contributed by atoms with E-state index in [0.717, 1.165) is 12.8 Å². The standard InChI is InChI=1S/C6H6O.2C3H8O2.CH3O.Ti/c7-6-4-2-1-3-5-6;2*1-2-3-5-4;1-2;/h1-5,7H;2*4H,2-3H2,1H3;1H3;/q;;;-1;+4/p-3. The van der Waals surface area contributed by atoms with E-state index in [9.17, 15) is 0 Å². The summed E-state index contributed by atoms with van der Waals surface area (Å²) >= 11 is -4.10. The zero-order valence-corrected chi connectivity index (χ0v) is 13.7. The Kier molecular flexibility index (Phi) is 9.05. The van der Waals surface area contributed by atoms with E-state index in [1.807, 2.05) is 32.0 Å². The van der Waals surface area contributed by atoms with E-state index >= 15 is 0 Å². The van der Waals surface area contributed by atoms with Gasteiger partial charge in [0.2, 0.25) is 0 Å². The van der Waals surface area contributed by atoms with Gasteiger partial charge in [-0.25, -0.2) is 0 Å². The van der Waals surface area contributed by atoms with Crippen molar-refractivity contribution in [3.05, 3.63) is 30.3 Å². The minimum atomic E-state index is -4.10. The molecular formula is C13H22O6Ti. The first kappa shape index (κ1) is 17.6. The minimum absolute atomic E-state index is 0.422. The summed E-state index contributed by atoms with van der Waals surface area (Å²) in [6.07, 6.45) is 1.62. The maximum atomic E-state index is 5.72. The average Bonchev–Trinajstić information content (AvgIpc) is 2.48. The first-order chi connectivity index (χ1) is 9.76. The van der Waals surface area contributed by atoms with Gasteiger partial charge in [0.25, 0.3) is 0 Å². The first-order valence-corrected chi connectivity index (χ1v) is 9.21. The molecule has 0 bridgehead atoms. The Morgan fingerprint density at radius 2 is 1.45 bits per heavy atom. The molecule has 7 heteroatoms. The van der Waals surface area contributed by atoms with Gasteiger partial charge in [-0.05, 0) is 0 Å². The van der Waals surface area contributed by atoms with Crippen LogP contribution >= 0.6 is 0 Å². The van der Waals surface area contributed by atoms with Crippen molar-refractivity contribution in [3.8, 4) is 5.75 Å². The Labute approximate surface area is 125 Å². The second kappa shape index (κ2) is 10.3. The predicted molar refractivity (Wildman–Crippen MR) is 68.7 cm³/mol. The quantitative estimate of drug-likeness (QED) is 0.270. The van der Waals surface area contributed by atoms with Crippen molar-refractivity contribution < 1.29 is 41.5 Å². The number of hydrogen-bond donors (Lipinski definition) is 0. The van der Waals surface area contributed by atoms with Crippen molar-refractivity contribution in [1.29, 1.82) is 0 Å². The Balaban J connectivity index is 2.68. The molecule has 0 heterocycles. The number of benzene rings is 1. The van der Waals surface area contributed by atoms with E-state index < -0.39 is 18.1 Å². The van der Waals surface area contributed by atoms with Gasteiger partial charge in [0, 0.05) is 0 Å². The Morgan fingerprint density at radius 1 is 0.900 bits per heavy atom. The van der Waals surface area contributed by atoms with Crippen LogP contribution in [0.4, 0.5) is 0 Å². The average molecular weight is 322 g/mol. The van der Waals surface area contributed by atoms with Gasteiger partial charge in [-0.15, -0.1) is 0 Å². The molecule has 1 aromatic rings. The van der Waals surface area contributed by atoms with Gasteiger partial charge in [0.05, 0.1) is 0 Å². The van der Waals surface area contributed by atoms with Crippen LogP contribution < -0.4 is 3.32 Å². The molecule has 0 aromatic heterocycles. The van der Waals surface area contributed by atoms with E-state index in [0.29, 0.717) is 19.0 Å². The summed E-state index contributed by atoms with van der Waals surface area (Å²) in [5.41, 5.74) is 0. The third kappa shape index (κ3) is 6.32. The van der Waals surface area contributed by atoms with Crippen LogP contribution in [0.15, 0.2) is 30.3 Å². The van der Waals surface area contributed by atoms with Crippen molar-refractivity contribution in [2.75, 3.05) is 20.3 Å². The van der Waals surface area contributed by atoms with Crippen LogP contribution in [0.1, 0.15) is 26.7 Å². The second-order valence-electron chi connectivity index (χ2n) is 3.93. The number of hydrogen-bond acceptors (Lipinski definition) is 6. The zero-order chi connectivity index (χ0) is 14.7. The molecule has 1 aromatic carbocycles. The fourth-order valence-corrected chi connectivity index (χ4v) is 3.05. The number of para-hydroxylation sites is 1. The van der Waals surface area contributed by atoms with Crippen molar-refractivity contribution in [1.82, 2.24) is 0 Å². The van der Waals surface area contributed by atoms with E-state index in [1.165, 1.54) is 7.11 Å².